The van der Waals surface area contributed by atoms with E-state index < -0.39 is 23.2 Å². The van der Waals surface area contributed by atoms with Crippen molar-refractivity contribution in [2.24, 2.45) is 23.0 Å². The van der Waals surface area contributed by atoms with E-state index in [1.807, 2.05) is 20.8 Å². The number of nitrogens with zero attached hydrogens (tertiary/aromatic N) is 5. The Hall–Kier alpha value is -3.74. The van der Waals surface area contributed by atoms with Gasteiger partial charge in [0.05, 0.1) is 24.3 Å². The van der Waals surface area contributed by atoms with Crippen molar-refractivity contribution in [1.82, 2.24) is 24.5 Å². The number of ether oxygens (including phenoxy) is 1. The fourth-order valence-corrected chi connectivity index (χ4v) is 6.79. The maximum Gasteiger partial charge on any atom is 0.416 e. The summed E-state index contributed by atoms with van der Waals surface area (Å²) in [6, 6.07) is 3.05. The number of primary amides is 1. The molecule has 1 spiro atoms. The molecule has 2 aromatic heterocycles. The van der Waals surface area contributed by atoms with Crippen LogP contribution in [0, 0.1) is 17.3 Å². The van der Waals surface area contributed by atoms with E-state index in [1.54, 1.807) is 15.8 Å². The number of rotatable bonds is 5. The van der Waals surface area contributed by atoms with Crippen LogP contribution in [0.25, 0.3) is 11.3 Å². The van der Waals surface area contributed by atoms with Crippen LogP contribution >= 0.6 is 11.6 Å². The largest absolute Gasteiger partial charge is 0.444 e. The summed E-state index contributed by atoms with van der Waals surface area (Å²) in [5.74, 6) is -0.0414. The van der Waals surface area contributed by atoms with E-state index in [-0.39, 0.29) is 57.7 Å². The number of nitrogens with two attached hydrogens (primary N) is 2. The van der Waals surface area contributed by atoms with Gasteiger partial charge in [0.2, 0.25) is 0 Å². The fraction of sp³-hybridized carbons (Fsp3) is 0.481. The van der Waals surface area contributed by atoms with Crippen LogP contribution in [0.5, 0.6) is 0 Å². The summed E-state index contributed by atoms with van der Waals surface area (Å²) in [5, 5.41) is 9.08. The maximum atomic E-state index is 13.2. The number of amides is 2. The lowest BCUT2D eigenvalue weighted by Crippen LogP contribution is -2.42. The minimum absolute atomic E-state index is 0.00210. The van der Waals surface area contributed by atoms with Crippen molar-refractivity contribution in [2.45, 2.75) is 51.6 Å². The molecule has 1 aliphatic heterocycles. The van der Waals surface area contributed by atoms with Gasteiger partial charge in [0, 0.05) is 35.3 Å². The summed E-state index contributed by atoms with van der Waals surface area (Å²) >= 11 is 6.15. The average Bonchev–Trinajstić information content (AvgIpc) is 3.34. The number of carbonyl (C=O) groups excluding carboxylic acids is 2. The monoisotopic (exact) mass is 591 g/mol. The lowest BCUT2D eigenvalue weighted by Gasteiger charge is -2.37. The summed E-state index contributed by atoms with van der Waals surface area (Å²) in [4.78, 5) is 26.7. The van der Waals surface area contributed by atoms with Crippen LogP contribution in [0.2, 0.25) is 5.02 Å². The highest BCUT2D eigenvalue weighted by Crippen LogP contribution is 2.79. The van der Waals surface area contributed by atoms with Crippen LogP contribution in [-0.2, 0) is 17.5 Å². The zero-order chi connectivity index (χ0) is 29.6. The number of carbonyl (C=O) groups is 2. The number of hydrogen-bond donors (Lipinski definition) is 2. The van der Waals surface area contributed by atoms with Gasteiger partial charge < -0.3 is 21.1 Å². The smallest absolute Gasteiger partial charge is 0.416 e. The van der Waals surface area contributed by atoms with Gasteiger partial charge in [0.25, 0.3) is 5.91 Å². The molecule has 2 amide bonds. The van der Waals surface area contributed by atoms with E-state index in [9.17, 15) is 22.8 Å². The predicted octanol–water partition coefficient (Wildman–Crippen LogP) is 4.58. The molecule has 10 nitrogen and oxygen atoms in total. The number of fused-ring (bicyclic) bond motifs is 1. The Balaban J connectivity index is 1.21. The Morgan fingerprint density at radius 1 is 1.24 bits per heavy atom. The van der Waals surface area contributed by atoms with E-state index >= 15 is 0 Å². The number of likely N-dealkylation sites (tertiary alicyclic amines) is 1. The molecule has 1 unspecified atom stereocenters. The molecule has 3 aromatic rings. The molecule has 218 valence electrons. The number of hydrogen-bond acceptors (Lipinski definition) is 6. The standard InChI is InChI=1S/C27H29ClF3N7O3/c1-25(2,3)41-24(40)36-11-16-20-18(7-26(16,20)12-36)38-22(32)19(23(33)39)21(35-38)14-8-34-37(10-14)9-13-6-15(27(29,30)31)4-5-17(13)28/h4-6,8,10,16,18,20H,7,9,11-12,32H2,1-3H3,(H2,33,39)/t16?,18-,20-,26+/m1/s1. The summed E-state index contributed by atoms with van der Waals surface area (Å²) in [6.45, 7) is 6.67. The van der Waals surface area contributed by atoms with Gasteiger partial charge in [-0.05, 0) is 62.8 Å². The summed E-state index contributed by atoms with van der Waals surface area (Å²) in [5.41, 5.74) is 11.7. The van der Waals surface area contributed by atoms with Crippen LogP contribution in [0.3, 0.4) is 0 Å². The van der Waals surface area contributed by atoms with Crippen LogP contribution < -0.4 is 11.5 Å². The molecule has 4 N–H and O–H groups in total. The van der Waals surface area contributed by atoms with Crippen molar-refractivity contribution in [3.8, 4) is 11.3 Å². The summed E-state index contributed by atoms with van der Waals surface area (Å²) in [7, 11) is 0. The fourth-order valence-electron chi connectivity index (χ4n) is 6.62. The molecule has 0 radical (unpaired) electrons. The number of anilines is 1. The Bertz CT molecular complexity index is 1580. The van der Waals surface area contributed by atoms with E-state index in [4.69, 9.17) is 27.8 Å². The van der Waals surface area contributed by atoms with Gasteiger partial charge in [-0.3, -0.25) is 9.48 Å². The molecule has 1 aromatic carbocycles. The van der Waals surface area contributed by atoms with Crippen LogP contribution in [0.15, 0.2) is 30.6 Å². The van der Waals surface area contributed by atoms with Gasteiger partial charge in [-0.2, -0.15) is 23.4 Å². The molecule has 1 saturated heterocycles. The highest BCUT2D eigenvalue weighted by atomic mass is 35.5. The van der Waals surface area contributed by atoms with Crippen LogP contribution in [0.4, 0.5) is 23.8 Å². The molecule has 6 rings (SSSR count). The Labute approximate surface area is 238 Å². The number of benzene rings is 1. The molecule has 4 atom stereocenters. The van der Waals surface area contributed by atoms with E-state index in [1.165, 1.54) is 16.9 Å². The predicted molar refractivity (Wildman–Crippen MR) is 143 cm³/mol. The second kappa shape index (κ2) is 8.88. The summed E-state index contributed by atoms with van der Waals surface area (Å²) in [6.07, 6.45) is -1.07. The third kappa shape index (κ3) is 4.50. The minimum Gasteiger partial charge on any atom is -0.444 e. The van der Waals surface area contributed by atoms with Crippen LogP contribution in [-0.4, -0.2) is 55.2 Å². The van der Waals surface area contributed by atoms with Crippen molar-refractivity contribution in [3.63, 3.8) is 0 Å². The Kier molecular flexibility index (Phi) is 5.94. The molecule has 3 fully saturated rings. The van der Waals surface area contributed by atoms with Crippen molar-refractivity contribution in [3.05, 3.63) is 52.3 Å². The first-order chi connectivity index (χ1) is 19.1. The third-order valence-electron chi connectivity index (χ3n) is 8.40. The van der Waals surface area contributed by atoms with Gasteiger partial charge in [-0.25, -0.2) is 9.48 Å². The zero-order valence-corrected chi connectivity index (χ0v) is 23.3. The average molecular weight is 592 g/mol. The molecule has 14 heteroatoms. The first-order valence-corrected chi connectivity index (χ1v) is 13.5. The maximum absolute atomic E-state index is 13.2. The van der Waals surface area contributed by atoms with Crippen molar-refractivity contribution in [1.29, 1.82) is 0 Å². The molecule has 2 aliphatic carbocycles. The third-order valence-corrected chi connectivity index (χ3v) is 8.77. The molecule has 41 heavy (non-hydrogen) atoms. The van der Waals surface area contributed by atoms with Gasteiger partial charge in [-0.15, -0.1) is 0 Å². The molecule has 3 heterocycles. The van der Waals surface area contributed by atoms with E-state index in [2.05, 4.69) is 10.2 Å². The molecular formula is C27H29ClF3N7O3. The lowest BCUT2D eigenvalue weighted by molar-refractivity contribution is -0.137. The highest BCUT2D eigenvalue weighted by molar-refractivity contribution is 6.31. The van der Waals surface area contributed by atoms with Gasteiger partial charge in [0.1, 0.15) is 22.7 Å². The molecule has 0 bridgehead atoms. The summed E-state index contributed by atoms with van der Waals surface area (Å²) < 4.78 is 48.1. The SMILES string of the molecule is CC(C)(C)OC(=O)N1CC2[C@@H]3[C@H](n4nc(-c5cnn(Cc6cc(C(F)(F)F)ccc6Cl)c5)c(C(N)=O)c4N)C[C@]23C1. The quantitative estimate of drug-likeness (QED) is 0.446. The first-order valence-electron chi connectivity index (χ1n) is 13.1. The number of nitrogen functional groups attached to an aromatic ring is 1. The topological polar surface area (TPSA) is 134 Å². The number of piperidine rings is 1. The number of alkyl halides is 3. The number of aromatic nitrogens is 4. The van der Waals surface area contributed by atoms with Crippen LogP contribution in [0.1, 0.15) is 54.7 Å². The minimum atomic E-state index is -4.51. The van der Waals surface area contributed by atoms with E-state index in [0.29, 0.717) is 24.6 Å². The molecule has 3 aliphatic rings. The van der Waals surface area contributed by atoms with Gasteiger partial charge in [-0.1, -0.05) is 11.6 Å². The second-order valence-corrected chi connectivity index (χ2v) is 12.6. The zero-order valence-electron chi connectivity index (χ0n) is 22.6. The first kappa shape index (κ1) is 27.4. The van der Waals surface area contributed by atoms with Crippen molar-refractivity contribution < 1.29 is 27.5 Å². The molecular weight excluding hydrogens is 563 g/mol. The van der Waals surface area contributed by atoms with Crippen molar-refractivity contribution >= 4 is 29.4 Å². The van der Waals surface area contributed by atoms with E-state index in [0.717, 1.165) is 18.6 Å². The Morgan fingerprint density at radius 3 is 2.61 bits per heavy atom. The Morgan fingerprint density at radius 2 is 1.98 bits per heavy atom. The second-order valence-electron chi connectivity index (χ2n) is 12.1. The van der Waals surface area contributed by atoms with Crippen molar-refractivity contribution in [2.75, 3.05) is 18.8 Å². The van der Waals surface area contributed by atoms with Gasteiger partial charge in [0.15, 0.2) is 0 Å². The lowest BCUT2D eigenvalue weighted by atomic mass is 9.80. The normalized spacial score (nSPS) is 25.0. The number of halogens is 4. The highest BCUT2D eigenvalue weighted by Gasteiger charge is 2.79. The van der Waals surface area contributed by atoms with Gasteiger partial charge >= 0.3 is 12.3 Å². The molecule has 2 saturated carbocycles.